The Labute approximate surface area is 221 Å². The number of β-amino-alcohol motifs (C(OH)–C–C–N with tert-alkyl or cyclic N) is 1. The second kappa shape index (κ2) is 11.2. The van der Waals surface area contributed by atoms with Crippen LogP contribution in [0.5, 0.6) is 0 Å². The first-order valence-corrected chi connectivity index (χ1v) is 13.0. The molecule has 6 nitrogen and oxygen atoms in total. The minimum atomic E-state index is -0.715. The van der Waals surface area contributed by atoms with Gasteiger partial charge in [0, 0.05) is 36.3 Å². The molecule has 0 saturated carbocycles. The lowest BCUT2D eigenvalue weighted by molar-refractivity contribution is -0.00837. The van der Waals surface area contributed by atoms with Gasteiger partial charge < -0.3 is 9.84 Å². The predicted octanol–water partition coefficient (Wildman–Crippen LogP) is 6.49. The van der Waals surface area contributed by atoms with Gasteiger partial charge in [0.25, 0.3) is 0 Å². The maximum Gasteiger partial charge on any atom is 0.412 e. The van der Waals surface area contributed by atoms with E-state index in [1.165, 1.54) is 5.57 Å². The summed E-state index contributed by atoms with van der Waals surface area (Å²) >= 11 is 0. The molecule has 6 heteroatoms. The Hall–Kier alpha value is -2.96. The number of ketones is 1. The van der Waals surface area contributed by atoms with Crippen LogP contribution in [0.1, 0.15) is 82.8 Å². The Morgan fingerprint density at radius 3 is 2.30 bits per heavy atom. The second-order valence-corrected chi connectivity index (χ2v) is 12.3. The first kappa shape index (κ1) is 28.6. The number of piperidine rings is 1. The zero-order chi connectivity index (χ0) is 27.4. The molecule has 0 spiro atoms. The van der Waals surface area contributed by atoms with Crippen molar-refractivity contribution in [1.82, 2.24) is 4.90 Å². The summed E-state index contributed by atoms with van der Waals surface area (Å²) in [5.41, 5.74) is 3.05. The standard InChI is InChI=1S/C31H42N2O4/c1-29(2,3)37-28(35)32-26-11-9-8-10-25(26)19-27(34)24-14-12-22(13-15-24)18-23-16-17-33(21-31(6,7)36)30(4,5)20-23/h8-15,18,36H,16-17,19-21H2,1-7H3,(H,32,35). The van der Waals surface area contributed by atoms with Crippen LogP contribution in [0.2, 0.25) is 0 Å². The molecule has 1 saturated heterocycles. The third-order valence-electron chi connectivity index (χ3n) is 6.40. The molecule has 1 amide bonds. The van der Waals surface area contributed by atoms with Gasteiger partial charge in [0.15, 0.2) is 5.78 Å². The number of nitrogens with one attached hydrogen (secondary N) is 1. The number of nitrogens with zero attached hydrogens (tertiary/aromatic N) is 1. The number of aliphatic hydroxyl groups is 1. The van der Waals surface area contributed by atoms with Gasteiger partial charge in [0.1, 0.15) is 5.60 Å². The van der Waals surface area contributed by atoms with Crippen molar-refractivity contribution in [3.05, 3.63) is 70.8 Å². The molecule has 37 heavy (non-hydrogen) atoms. The highest BCUT2D eigenvalue weighted by Gasteiger charge is 2.34. The van der Waals surface area contributed by atoms with Crippen LogP contribution in [0.15, 0.2) is 54.1 Å². The third kappa shape index (κ3) is 8.83. The van der Waals surface area contributed by atoms with Gasteiger partial charge in [-0.05, 0) is 78.5 Å². The van der Waals surface area contributed by atoms with E-state index in [1.807, 2.05) is 77.1 Å². The van der Waals surface area contributed by atoms with Gasteiger partial charge >= 0.3 is 6.09 Å². The number of carbonyl (C=O) groups excluding carboxylic acids is 2. The largest absolute Gasteiger partial charge is 0.444 e. The van der Waals surface area contributed by atoms with Crippen molar-refractivity contribution in [2.24, 2.45) is 0 Å². The van der Waals surface area contributed by atoms with Crippen LogP contribution in [0.3, 0.4) is 0 Å². The van der Waals surface area contributed by atoms with Crippen LogP contribution in [-0.4, -0.2) is 51.7 Å². The molecule has 0 radical (unpaired) electrons. The second-order valence-electron chi connectivity index (χ2n) is 12.3. The number of carbonyl (C=O) groups is 2. The number of hydrogen-bond acceptors (Lipinski definition) is 5. The van der Waals surface area contributed by atoms with Gasteiger partial charge in [-0.15, -0.1) is 0 Å². The Balaban J connectivity index is 1.65. The van der Waals surface area contributed by atoms with Crippen molar-refractivity contribution in [3.63, 3.8) is 0 Å². The number of Topliss-reactive ketones (excluding diaryl/α,β-unsaturated/α-hetero) is 1. The summed E-state index contributed by atoms with van der Waals surface area (Å²) in [5.74, 6) is -0.0151. The lowest BCUT2D eigenvalue weighted by atomic mass is 9.85. The van der Waals surface area contributed by atoms with Crippen LogP contribution in [0.25, 0.3) is 6.08 Å². The average Bonchev–Trinajstić information content (AvgIpc) is 2.75. The monoisotopic (exact) mass is 506 g/mol. The van der Waals surface area contributed by atoms with E-state index in [2.05, 4.69) is 30.1 Å². The Bertz CT molecular complexity index is 1140. The van der Waals surface area contributed by atoms with Gasteiger partial charge in [0.2, 0.25) is 0 Å². The smallest absolute Gasteiger partial charge is 0.412 e. The van der Waals surface area contributed by atoms with Crippen LogP contribution in [0.4, 0.5) is 10.5 Å². The molecule has 1 fully saturated rings. The summed E-state index contributed by atoms with van der Waals surface area (Å²) in [6.45, 7) is 15.2. The number of amides is 1. The highest BCUT2D eigenvalue weighted by molar-refractivity contribution is 5.99. The number of benzene rings is 2. The minimum absolute atomic E-state index is 0.0151. The van der Waals surface area contributed by atoms with Crippen LogP contribution in [-0.2, 0) is 11.2 Å². The highest BCUT2D eigenvalue weighted by Crippen LogP contribution is 2.33. The molecule has 3 rings (SSSR count). The van der Waals surface area contributed by atoms with E-state index in [9.17, 15) is 14.7 Å². The lowest BCUT2D eigenvalue weighted by Crippen LogP contribution is -2.53. The zero-order valence-electron chi connectivity index (χ0n) is 23.4. The summed E-state index contributed by atoms with van der Waals surface area (Å²) in [6, 6.07) is 15.0. The van der Waals surface area contributed by atoms with Crippen molar-refractivity contribution in [2.45, 2.75) is 84.5 Å². The molecule has 2 aromatic carbocycles. The fraction of sp³-hybridized carbons (Fsp3) is 0.484. The van der Waals surface area contributed by atoms with Gasteiger partial charge in [-0.2, -0.15) is 0 Å². The van der Waals surface area contributed by atoms with E-state index in [-0.39, 0.29) is 17.7 Å². The van der Waals surface area contributed by atoms with E-state index in [0.29, 0.717) is 17.8 Å². The lowest BCUT2D eigenvalue weighted by Gasteiger charge is -2.45. The quantitative estimate of drug-likeness (QED) is 0.420. The Morgan fingerprint density at radius 1 is 1.05 bits per heavy atom. The van der Waals surface area contributed by atoms with Gasteiger partial charge in [-0.1, -0.05) is 54.1 Å². The predicted molar refractivity (Wildman–Crippen MR) is 150 cm³/mol. The molecule has 0 bridgehead atoms. The van der Waals surface area contributed by atoms with E-state index in [1.54, 1.807) is 6.07 Å². The van der Waals surface area contributed by atoms with Crippen molar-refractivity contribution in [1.29, 1.82) is 0 Å². The molecule has 200 valence electrons. The van der Waals surface area contributed by atoms with Crippen LogP contribution >= 0.6 is 0 Å². The number of ether oxygens (including phenoxy) is 1. The summed E-state index contributed by atoms with van der Waals surface area (Å²) in [7, 11) is 0. The maximum absolute atomic E-state index is 13.0. The number of para-hydroxylation sites is 1. The fourth-order valence-electron chi connectivity index (χ4n) is 4.71. The molecular weight excluding hydrogens is 464 g/mol. The van der Waals surface area contributed by atoms with Gasteiger partial charge in [-0.25, -0.2) is 4.79 Å². The van der Waals surface area contributed by atoms with E-state index in [4.69, 9.17) is 4.74 Å². The molecule has 0 aliphatic carbocycles. The third-order valence-corrected chi connectivity index (χ3v) is 6.40. The molecule has 1 heterocycles. The van der Waals surface area contributed by atoms with Crippen molar-refractivity contribution < 1.29 is 19.4 Å². The van der Waals surface area contributed by atoms with Crippen LogP contribution in [0, 0.1) is 0 Å². The minimum Gasteiger partial charge on any atom is -0.444 e. The fourth-order valence-corrected chi connectivity index (χ4v) is 4.71. The number of anilines is 1. The molecule has 1 aliphatic rings. The Kier molecular flexibility index (Phi) is 8.66. The Morgan fingerprint density at radius 2 is 1.70 bits per heavy atom. The highest BCUT2D eigenvalue weighted by atomic mass is 16.6. The molecule has 0 unspecified atom stereocenters. The van der Waals surface area contributed by atoms with E-state index < -0.39 is 17.3 Å². The summed E-state index contributed by atoms with van der Waals surface area (Å²) < 4.78 is 5.35. The van der Waals surface area contributed by atoms with Crippen LogP contribution < -0.4 is 5.32 Å². The summed E-state index contributed by atoms with van der Waals surface area (Å²) in [5, 5.41) is 13.0. The topological polar surface area (TPSA) is 78.9 Å². The number of likely N-dealkylation sites (tertiary alicyclic amines) is 1. The summed E-state index contributed by atoms with van der Waals surface area (Å²) in [4.78, 5) is 27.6. The normalized spacial score (nSPS) is 17.5. The van der Waals surface area contributed by atoms with Crippen molar-refractivity contribution in [3.8, 4) is 0 Å². The maximum atomic E-state index is 13.0. The molecule has 1 aliphatic heterocycles. The van der Waals surface area contributed by atoms with Crippen molar-refractivity contribution >= 4 is 23.6 Å². The first-order valence-electron chi connectivity index (χ1n) is 13.0. The molecular formula is C31H42N2O4. The molecule has 2 N–H and O–H groups in total. The number of rotatable bonds is 7. The molecule has 0 aromatic heterocycles. The van der Waals surface area contributed by atoms with E-state index >= 15 is 0 Å². The average molecular weight is 507 g/mol. The zero-order valence-corrected chi connectivity index (χ0v) is 23.4. The van der Waals surface area contributed by atoms with E-state index in [0.717, 1.165) is 30.5 Å². The van der Waals surface area contributed by atoms with Gasteiger partial charge in [0.05, 0.1) is 5.60 Å². The molecule has 0 atom stereocenters. The first-order chi connectivity index (χ1) is 17.1. The summed E-state index contributed by atoms with van der Waals surface area (Å²) in [6.07, 6.45) is 3.75. The van der Waals surface area contributed by atoms with Crippen molar-refractivity contribution in [2.75, 3.05) is 18.4 Å². The SMILES string of the molecule is CC(C)(O)CN1CCC(=Cc2ccc(C(=O)Cc3ccccc3NC(=O)OC(C)(C)C)cc2)CC1(C)C. The molecule has 2 aromatic rings. The number of hydrogen-bond donors (Lipinski definition) is 2. The van der Waals surface area contributed by atoms with Gasteiger partial charge in [-0.3, -0.25) is 15.0 Å².